The van der Waals surface area contributed by atoms with Gasteiger partial charge in [0.25, 0.3) is 0 Å². The van der Waals surface area contributed by atoms with E-state index in [0.717, 1.165) is 17.4 Å². The van der Waals surface area contributed by atoms with Gasteiger partial charge in [0.15, 0.2) is 0 Å². The number of rotatable bonds is 6. The lowest BCUT2D eigenvalue weighted by atomic mass is 10.0. The molecule has 0 amide bonds. The fourth-order valence-electron chi connectivity index (χ4n) is 2.29. The molecule has 0 bridgehead atoms. The fraction of sp³-hybridized carbons (Fsp3) is 0.333. The Morgan fingerprint density at radius 1 is 0.950 bits per heavy atom. The van der Waals surface area contributed by atoms with Crippen LogP contribution >= 0.6 is 15.9 Å². The average molecular weight is 332 g/mol. The molecule has 0 heterocycles. The standard InChI is InChI=1S/C18H22BrN/c1-3-12-20-14(2)13-15-4-6-16(7-5-15)17-8-10-18(19)11-9-17/h4-11,14,20H,3,12-13H2,1-2H3. The Morgan fingerprint density at radius 3 is 2.05 bits per heavy atom. The molecule has 0 aliphatic rings. The summed E-state index contributed by atoms with van der Waals surface area (Å²) in [5, 5.41) is 3.53. The van der Waals surface area contributed by atoms with E-state index in [1.807, 2.05) is 0 Å². The van der Waals surface area contributed by atoms with E-state index >= 15 is 0 Å². The van der Waals surface area contributed by atoms with Crippen molar-refractivity contribution in [3.8, 4) is 11.1 Å². The van der Waals surface area contributed by atoms with E-state index in [1.54, 1.807) is 0 Å². The third kappa shape index (κ3) is 4.46. The minimum absolute atomic E-state index is 0.536. The Morgan fingerprint density at radius 2 is 1.50 bits per heavy atom. The van der Waals surface area contributed by atoms with Crippen LogP contribution in [-0.4, -0.2) is 12.6 Å². The number of halogens is 1. The summed E-state index contributed by atoms with van der Waals surface area (Å²) >= 11 is 3.47. The van der Waals surface area contributed by atoms with Gasteiger partial charge in [-0.1, -0.05) is 59.3 Å². The van der Waals surface area contributed by atoms with Crippen LogP contribution in [0.15, 0.2) is 53.0 Å². The highest BCUT2D eigenvalue weighted by Gasteiger charge is 2.03. The smallest absolute Gasteiger partial charge is 0.0175 e. The second-order valence-electron chi connectivity index (χ2n) is 5.26. The van der Waals surface area contributed by atoms with Gasteiger partial charge in [-0.2, -0.15) is 0 Å². The molecule has 1 atom stereocenters. The molecule has 2 aromatic carbocycles. The number of hydrogen-bond donors (Lipinski definition) is 1. The molecule has 0 fully saturated rings. The zero-order chi connectivity index (χ0) is 14.4. The van der Waals surface area contributed by atoms with Crippen molar-refractivity contribution in [3.05, 3.63) is 58.6 Å². The molecule has 0 radical (unpaired) electrons. The maximum Gasteiger partial charge on any atom is 0.0175 e. The second-order valence-corrected chi connectivity index (χ2v) is 6.18. The SMILES string of the molecule is CCCNC(C)Cc1ccc(-c2ccc(Br)cc2)cc1. The van der Waals surface area contributed by atoms with Gasteiger partial charge in [0.1, 0.15) is 0 Å². The van der Waals surface area contributed by atoms with Crippen molar-refractivity contribution in [3.63, 3.8) is 0 Å². The van der Waals surface area contributed by atoms with E-state index in [0.29, 0.717) is 6.04 Å². The van der Waals surface area contributed by atoms with Crippen LogP contribution < -0.4 is 5.32 Å². The monoisotopic (exact) mass is 331 g/mol. The van der Waals surface area contributed by atoms with Gasteiger partial charge >= 0.3 is 0 Å². The van der Waals surface area contributed by atoms with Crippen LogP contribution in [-0.2, 0) is 6.42 Å². The molecule has 2 aromatic rings. The summed E-state index contributed by atoms with van der Waals surface area (Å²) in [4.78, 5) is 0. The summed E-state index contributed by atoms with van der Waals surface area (Å²) in [6.07, 6.45) is 2.27. The van der Waals surface area contributed by atoms with Crippen LogP contribution in [0.25, 0.3) is 11.1 Å². The lowest BCUT2D eigenvalue weighted by molar-refractivity contribution is 0.543. The molecule has 2 heteroatoms. The first-order chi connectivity index (χ1) is 9.69. The van der Waals surface area contributed by atoms with Crippen LogP contribution in [0.1, 0.15) is 25.8 Å². The van der Waals surface area contributed by atoms with Gasteiger partial charge in [0.05, 0.1) is 0 Å². The Kier molecular flexibility index (Phi) is 5.81. The van der Waals surface area contributed by atoms with Crippen LogP contribution in [0.2, 0.25) is 0 Å². The third-order valence-electron chi connectivity index (χ3n) is 3.42. The van der Waals surface area contributed by atoms with E-state index in [9.17, 15) is 0 Å². The Labute approximate surface area is 130 Å². The number of benzene rings is 2. The average Bonchev–Trinajstić information content (AvgIpc) is 2.47. The first kappa shape index (κ1) is 15.3. The maximum atomic E-state index is 3.53. The lowest BCUT2D eigenvalue weighted by Crippen LogP contribution is -2.28. The largest absolute Gasteiger partial charge is 0.314 e. The van der Waals surface area contributed by atoms with Gasteiger partial charge in [-0.15, -0.1) is 0 Å². The van der Waals surface area contributed by atoms with Crippen LogP contribution in [0.4, 0.5) is 0 Å². The normalized spacial score (nSPS) is 12.3. The summed E-state index contributed by atoms with van der Waals surface area (Å²) in [5.41, 5.74) is 3.93. The second kappa shape index (κ2) is 7.61. The molecule has 106 valence electrons. The molecule has 0 saturated carbocycles. The van der Waals surface area contributed by atoms with E-state index in [-0.39, 0.29) is 0 Å². The molecule has 2 rings (SSSR count). The highest BCUT2D eigenvalue weighted by atomic mass is 79.9. The highest BCUT2D eigenvalue weighted by Crippen LogP contribution is 2.22. The minimum Gasteiger partial charge on any atom is -0.314 e. The zero-order valence-corrected chi connectivity index (χ0v) is 13.8. The van der Waals surface area contributed by atoms with E-state index in [4.69, 9.17) is 0 Å². The molecule has 0 saturated heterocycles. The maximum absolute atomic E-state index is 3.53. The summed E-state index contributed by atoms with van der Waals surface area (Å²) in [6, 6.07) is 17.9. The molecular formula is C18H22BrN. The topological polar surface area (TPSA) is 12.0 Å². The van der Waals surface area contributed by atoms with Gasteiger partial charge < -0.3 is 5.32 Å². The van der Waals surface area contributed by atoms with Gasteiger partial charge in [-0.25, -0.2) is 0 Å². The third-order valence-corrected chi connectivity index (χ3v) is 3.94. The number of hydrogen-bond acceptors (Lipinski definition) is 1. The van der Waals surface area contributed by atoms with Gasteiger partial charge in [0.2, 0.25) is 0 Å². The van der Waals surface area contributed by atoms with E-state index in [2.05, 4.69) is 83.6 Å². The van der Waals surface area contributed by atoms with Gasteiger partial charge in [0, 0.05) is 10.5 Å². The molecule has 0 aliphatic heterocycles. The van der Waals surface area contributed by atoms with Crippen molar-refractivity contribution >= 4 is 15.9 Å². The Balaban J connectivity index is 2.01. The van der Waals surface area contributed by atoms with Crippen molar-refractivity contribution in [2.45, 2.75) is 32.7 Å². The molecule has 1 unspecified atom stereocenters. The minimum atomic E-state index is 0.536. The van der Waals surface area contributed by atoms with Crippen LogP contribution in [0.3, 0.4) is 0 Å². The van der Waals surface area contributed by atoms with Crippen molar-refractivity contribution in [2.24, 2.45) is 0 Å². The van der Waals surface area contributed by atoms with Gasteiger partial charge in [-0.3, -0.25) is 0 Å². The fourth-order valence-corrected chi connectivity index (χ4v) is 2.56. The van der Waals surface area contributed by atoms with E-state index < -0.39 is 0 Å². The molecule has 20 heavy (non-hydrogen) atoms. The summed E-state index contributed by atoms with van der Waals surface area (Å²) in [7, 11) is 0. The number of nitrogens with one attached hydrogen (secondary N) is 1. The summed E-state index contributed by atoms with van der Waals surface area (Å²) in [6.45, 7) is 5.54. The van der Waals surface area contributed by atoms with Crippen molar-refractivity contribution < 1.29 is 0 Å². The zero-order valence-electron chi connectivity index (χ0n) is 12.2. The predicted octanol–water partition coefficient (Wildman–Crippen LogP) is 5.05. The van der Waals surface area contributed by atoms with Crippen LogP contribution in [0.5, 0.6) is 0 Å². The van der Waals surface area contributed by atoms with Crippen LogP contribution in [0, 0.1) is 0 Å². The lowest BCUT2D eigenvalue weighted by Gasteiger charge is -2.13. The van der Waals surface area contributed by atoms with Gasteiger partial charge in [-0.05, 0) is 55.1 Å². The van der Waals surface area contributed by atoms with Crippen molar-refractivity contribution in [1.82, 2.24) is 5.32 Å². The van der Waals surface area contributed by atoms with E-state index in [1.165, 1.54) is 23.1 Å². The Bertz CT molecular complexity index is 516. The van der Waals surface area contributed by atoms with Crippen molar-refractivity contribution in [2.75, 3.05) is 6.54 Å². The molecular weight excluding hydrogens is 310 g/mol. The first-order valence-electron chi connectivity index (χ1n) is 7.27. The molecule has 0 aromatic heterocycles. The molecule has 1 nitrogen and oxygen atoms in total. The highest BCUT2D eigenvalue weighted by molar-refractivity contribution is 9.10. The summed E-state index contributed by atoms with van der Waals surface area (Å²) in [5.74, 6) is 0. The Hall–Kier alpha value is -1.12. The molecule has 1 N–H and O–H groups in total. The summed E-state index contributed by atoms with van der Waals surface area (Å²) < 4.78 is 1.12. The molecule has 0 spiro atoms. The van der Waals surface area contributed by atoms with Crippen molar-refractivity contribution in [1.29, 1.82) is 0 Å². The predicted molar refractivity (Wildman–Crippen MR) is 91.0 cm³/mol. The first-order valence-corrected chi connectivity index (χ1v) is 8.06. The quantitative estimate of drug-likeness (QED) is 0.781. The molecule has 0 aliphatic carbocycles.